The van der Waals surface area contributed by atoms with Gasteiger partial charge in [0.25, 0.3) is 0 Å². The summed E-state index contributed by atoms with van der Waals surface area (Å²) in [5, 5.41) is 8.68. The third-order valence-corrected chi connectivity index (χ3v) is 5.75. The van der Waals surface area contributed by atoms with Crippen molar-refractivity contribution < 1.29 is 9.53 Å². The molecule has 2 heterocycles. The number of allylic oxidation sites excluding steroid dienone is 2. The van der Waals surface area contributed by atoms with Crippen molar-refractivity contribution in [3.8, 4) is 17.1 Å². The first kappa shape index (κ1) is 17.9. The summed E-state index contributed by atoms with van der Waals surface area (Å²) >= 11 is 6.37. The first-order valence-corrected chi connectivity index (χ1v) is 9.93. The summed E-state index contributed by atoms with van der Waals surface area (Å²) in [7, 11) is 1.63. The van der Waals surface area contributed by atoms with Crippen molar-refractivity contribution in [1.82, 2.24) is 14.8 Å². The molecule has 3 aromatic rings. The minimum Gasteiger partial charge on any atom is -0.496 e. The van der Waals surface area contributed by atoms with Crippen molar-refractivity contribution in [1.29, 1.82) is 0 Å². The van der Waals surface area contributed by atoms with Gasteiger partial charge in [-0.2, -0.15) is 4.98 Å². The molecule has 2 aliphatic rings. The van der Waals surface area contributed by atoms with Gasteiger partial charge < -0.3 is 10.1 Å². The number of hydrogen-bond acceptors (Lipinski definition) is 5. The van der Waals surface area contributed by atoms with Gasteiger partial charge in [-0.3, -0.25) is 4.79 Å². The summed E-state index contributed by atoms with van der Waals surface area (Å²) in [4.78, 5) is 17.6. The average molecular weight is 407 g/mol. The fourth-order valence-electron chi connectivity index (χ4n) is 4.09. The summed E-state index contributed by atoms with van der Waals surface area (Å²) in [6.45, 7) is 0. The van der Waals surface area contributed by atoms with Crippen LogP contribution in [-0.4, -0.2) is 27.7 Å². The molecule has 7 heteroatoms. The lowest BCUT2D eigenvalue weighted by Crippen LogP contribution is -2.31. The summed E-state index contributed by atoms with van der Waals surface area (Å²) in [5.41, 5.74) is 3.30. The van der Waals surface area contributed by atoms with E-state index in [0.717, 1.165) is 35.2 Å². The maximum absolute atomic E-state index is 12.9. The van der Waals surface area contributed by atoms with E-state index in [-0.39, 0.29) is 5.78 Å². The lowest BCUT2D eigenvalue weighted by atomic mass is 9.85. The van der Waals surface area contributed by atoms with Crippen LogP contribution in [0.3, 0.4) is 0 Å². The fraction of sp³-hybridized carbons (Fsp3) is 0.227. The number of anilines is 1. The molecule has 1 unspecified atom stereocenters. The molecule has 0 saturated heterocycles. The van der Waals surface area contributed by atoms with Crippen molar-refractivity contribution in [2.24, 2.45) is 0 Å². The number of Topliss-reactive ketones (excluding diaryl/α,β-unsaturated/α-hetero) is 1. The van der Waals surface area contributed by atoms with Crippen LogP contribution in [0.5, 0.6) is 5.75 Å². The number of fused-ring (bicyclic) bond motifs is 1. The highest BCUT2D eigenvalue weighted by molar-refractivity contribution is 6.33. The number of ether oxygens (including phenoxy) is 1. The molecule has 5 rings (SSSR count). The number of nitrogens with one attached hydrogen (secondary N) is 1. The van der Waals surface area contributed by atoms with Crippen molar-refractivity contribution in [2.45, 2.75) is 25.3 Å². The number of para-hydroxylation sites is 1. The summed E-state index contributed by atoms with van der Waals surface area (Å²) in [5.74, 6) is 1.97. The molecule has 1 aliphatic carbocycles. The zero-order chi connectivity index (χ0) is 20.0. The largest absolute Gasteiger partial charge is 0.496 e. The van der Waals surface area contributed by atoms with Crippen molar-refractivity contribution >= 4 is 23.3 Å². The van der Waals surface area contributed by atoms with E-state index in [1.165, 1.54) is 0 Å². The third-order valence-electron chi connectivity index (χ3n) is 5.42. The number of benzene rings is 2. The van der Waals surface area contributed by atoms with Gasteiger partial charge in [0.1, 0.15) is 11.8 Å². The predicted octanol–water partition coefficient (Wildman–Crippen LogP) is 4.63. The highest BCUT2D eigenvalue weighted by atomic mass is 35.5. The molecular weight excluding hydrogens is 388 g/mol. The van der Waals surface area contributed by atoms with Gasteiger partial charge in [-0.15, -0.1) is 5.10 Å². The average Bonchev–Trinajstić information content (AvgIpc) is 3.16. The quantitative estimate of drug-likeness (QED) is 0.686. The van der Waals surface area contributed by atoms with Crippen molar-refractivity contribution in [3.63, 3.8) is 0 Å². The van der Waals surface area contributed by atoms with Crippen LogP contribution >= 0.6 is 11.6 Å². The molecule has 0 amide bonds. The minimum absolute atomic E-state index is 0.134. The maximum Gasteiger partial charge on any atom is 0.226 e. The number of methoxy groups -OCH3 is 1. The number of ketones is 1. The number of hydrogen-bond donors (Lipinski definition) is 1. The second kappa shape index (κ2) is 7.04. The summed E-state index contributed by atoms with van der Waals surface area (Å²) in [6, 6.07) is 14.8. The molecule has 2 aromatic carbocycles. The molecule has 0 spiro atoms. The smallest absolute Gasteiger partial charge is 0.226 e. The number of carbonyl (C=O) groups excluding carboxylic acids is 1. The molecule has 0 fully saturated rings. The van der Waals surface area contributed by atoms with Crippen LogP contribution in [0.15, 0.2) is 59.8 Å². The number of nitrogens with zero attached hydrogens (tertiary/aromatic N) is 3. The molecule has 0 bridgehead atoms. The van der Waals surface area contributed by atoms with Gasteiger partial charge >= 0.3 is 0 Å². The van der Waals surface area contributed by atoms with E-state index >= 15 is 0 Å². The number of carbonyl (C=O) groups is 1. The highest BCUT2D eigenvalue weighted by Crippen LogP contribution is 2.43. The molecule has 29 heavy (non-hydrogen) atoms. The number of rotatable bonds is 3. The lowest BCUT2D eigenvalue weighted by Gasteiger charge is -2.32. The Hall–Kier alpha value is -3.12. The zero-order valence-electron chi connectivity index (χ0n) is 15.9. The molecule has 146 valence electrons. The van der Waals surface area contributed by atoms with Gasteiger partial charge in [0, 0.05) is 28.8 Å². The van der Waals surface area contributed by atoms with E-state index < -0.39 is 6.04 Å². The van der Waals surface area contributed by atoms with E-state index in [4.69, 9.17) is 26.4 Å². The second-order valence-corrected chi connectivity index (χ2v) is 7.53. The lowest BCUT2D eigenvalue weighted by molar-refractivity contribution is -0.116. The third kappa shape index (κ3) is 2.91. The Balaban J connectivity index is 1.72. The monoisotopic (exact) mass is 406 g/mol. The Kier molecular flexibility index (Phi) is 4.36. The fourth-order valence-corrected chi connectivity index (χ4v) is 4.31. The van der Waals surface area contributed by atoms with Crippen LogP contribution in [0.25, 0.3) is 11.4 Å². The van der Waals surface area contributed by atoms with Crippen LogP contribution in [0, 0.1) is 0 Å². The van der Waals surface area contributed by atoms with Gasteiger partial charge in [-0.25, -0.2) is 4.68 Å². The molecule has 1 aromatic heterocycles. The predicted molar refractivity (Wildman–Crippen MR) is 111 cm³/mol. The first-order valence-electron chi connectivity index (χ1n) is 9.55. The Morgan fingerprint density at radius 3 is 2.76 bits per heavy atom. The Morgan fingerprint density at radius 2 is 1.93 bits per heavy atom. The van der Waals surface area contributed by atoms with E-state index in [1.807, 2.05) is 48.5 Å². The molecule has 0 saturated carbocycles. The molecule has 0 radical (unpaired) electrons. The normalized spacial score (nSPS) is 18.1. The van der Waals surface area contributed by atoms with Gasteiger partial charge in [-0.05, 0) is 31.0 Å². The topological polar surface area (TPSA) is 69.0 Å². The maximum atomic E-state index is 12.9. The van der Waals surface area contributed by atoms with E-state index in [0.29, 0.717) is 29.0 Å². The minimum atomic E-state index is -0.395. The second-order valence-electron chi connectivity index (χ2n) is 7.12. The van der Waals surface area contributed by atoms with E-state index in [9.17, 15) is 4.79 Å². The van der Waals surface area contributed by atoms with Crippen LogP contribution < -0.4 is 10.1 Å². The Bertz CT molecular complexity index is 1150. The van der Waals surface area contributed by atoms with Gasteiger partial charge in [0.15, 0.2) is 11.6 Å². The van der Waals surface area contributed by atoms with E-state index in [2.05, 4.69) is 5.32 Å². The summed E-state index contributed by atoms with van der Waals surface area (Å²) < 4.78 is 7.38. The molecule has 1 atom stereocenters. The van der Waals surface area contributed by atoms with Crippen LogP contribution in [0.4, 0.5) is 5.95 Å². The van der Waals surface area contributed by atoms with E-state index in [1.54, 1.807) is 11.8 Å². The van der Waals surface area contributed by atoms with Crippen molar-refractivity contribution in [2.75, 3.05) is 12.4 Å². The number of halogens is 1. The van der Waals surface area contributed by atoms with Crippen LogP contribution in [-0.2, 0) is 4.79 Å². The van der Waals surface area contributed by atoms with Gasteiger partial charge in [0.2, 0.25) is 5.95 Å². The SMILES string of the molecule is COc1ccccc1C1C2=C(CCCC2=O)Nc2nc(-c3ccccc3Cl)nn21. The molecule has 6 nitrogen and oxygen atoms in total. The van der Waals surface area contributed by atoms with Crippen LogP contribution in [0.2, 0.25) is 5.02 Å². The Morgan fingerprint density at radius 1 is 1.14 bits per heavy atom. The first-order chi connectivity index (χ1) is 14.2. The summed E-state index contributed by atoms with van der Waals surface area (Å²) in [6.07, 6.45) is 2.17. The van der Waals surface area contributed by atoms with Gasteiger partial charge in [-0.1, -0.05) is 41.9 Å². The van der Waals surface area contributed by atoms with Crippen molar-refractivity contribution in [3.05, 3.63) is 70.4 Å². The molecule has 1 N–H and O–H groups in total. The zero-order valence-corrected chi connectivity index (χ0v) is 16.6. The standard InChI is InChI=1S/C22H19ClN4O2/c1-29-18-12-5-3-8-14(18)20-19-16(10-6-11-17(19)28)24-22-25-21(26-27(20)22)13-7-2-4-9-15(13)23/h2-5,7-9,12,20H,6,10-11H2,1H3,(H,24,25,26). The Labute approximate surface area is 173 Å². The van der Waals surface area contributed by atoms with Crippen LogP contribution in [0.1, 0.15) is 30.9 Å². The molecular formula is C22H19ClN4O2. The highest BCUT2D eigenvalue weighted by Gasteiger charge is 2.38. The number of aromatic nitrogens is 3. The van der Waals surface area contributed by atoms with Gasteiger partial charge in [0.05, 0.1) is 12.1 Å². The molecule has 1 aliphatic heterocycles.